The fraction of sp³-hybridized carbons (Fsp3) is 0.333. The summed E-state index contributed by atoms with van der Waals surface area (Å²) in [5, 5.41) is 3.27. The number of benzene rings is 1. The Hall–Kier alpha value is -1.70. The van der Waals surface area contributed by atoms with Gasteiger partial charge >= 0.3 is 0 Å². The third-order valence-corrected chi connectivity index (χ3v) is 3.36. The van der Waals surface area contributed by atoms with Crippen molar-refractivity contribution in [3.05, 3.63) is 65.7 Å². The van der Waals surface area contributed by atoms with Crippen LogP contribution in [0.15, 0.2) is 53.7 Å². The average Bonchev–Trinajstić information content (AvgIpc) is 2.55. The summed E-state index contributed by atoms with van der Waals surface area (Å²) in [5.41, 5.74) is 1.95. The molecule has 0 aliphatic heterocycles. The number of hydrogen-bond donors (Lipinski definition) is 1. The van der Waals surface area contributed by atoms with Gasteiger partial charge in [0.2, 0.25) is 0 Å². The van der Waals surface area contributed by atoms with Crippen LogP contribution in [0, 0.1) is 5.82 Å². The van der Waals surface area contributed by atoms with Gasteiger partial charge in [-0.1, -0.05) is 18.2 Å². The van der Waals surface area contributed by atoms with E-state index in [9.17, 15) is 4.39 Å². The van der Waals surface area contributed by atoms with Crippen molar-refractivity contribution >= 4 is 29.9 Å². The van der Waals surface area contributed by atoms with E-state index in [1.165, 1.54) is 6.07 Å². The highest BCUT2D eigenvalue weighted by molar-refractivity contribution is 14.0. The maximum atomic E-state index is 13.3. The van der Waals surface area contributed by atoms with Crippen molar-refractivity contribution in [3.8, 4) is 0 Å². The summed E-state index contributed by atoms with van der Waals surface area (Å²) < 4.78 is 13.3. The number of halogens is 2. The summed E-state index contributed by atoms with van der Waals surface area (Å²) in [7, 11) is 1.95. The topological polar surface area (TPSA) is 40.5 Å². The highest BCUT2D eigenvalue weighted by atomic mass is 127. The van der Waals surface area contributed by atoms with Crippen LogP contribution >= 0.6 is 24.0 Å². The number of aliphatic imine (C=N–C) groups is 1. The molecule has 4 nitrogen and oxygen atoms in total. The van der Waals surface area contributed by atoms with E-state index in [4.69, 9.17) is 0 Å². The predicted octanol–water partition coefficient (Wildman–Crippen LogP) is 3.48. The van der Waals surface area contributed by atoms with E-state index < -0.39 is 0 Å². The van der Waals surface area contributed by atoms with Crippen molar-refractivity contribution in [3.63, 3.8) is 0 Å². The molecule has 0 bridgehead atoms. The predicted molar refractivity (Wildman–Crippen MR) is 107 cm³/mol. The van der Waals surface area contributed by atoms with Crippen LogP contribution in [0.3, 0.4) is 0 Å². The minimum atomic E-state index is -0.215. The SMILES string of the molecule is CCNC(=NCCc1ccccn1)N(C)Cc1cccc(F)c1.I. The number of pyridine rings is 1. The lowest BCUT2D eigenvalue weighted by Crippen LogP contribution is -2.38. The van der Waals surface area contributed by atoms with Gasteiger partial charge in [-0.3, -0.25) is 9.98 Å². The summed E-state index contributed by atoms with van der Waals surface area (Å²) in [6, 6.07) is 12.5. The molecular formula is C18H24FIN4. The van der Waals surface area contributed by atoms with Crippen LogP contribution in [0.4, 0.5) is 4.39 Å². The molecule has 0 atom stereocenters. The van der Waals surface area contributed by atoms with Crippen LogP contribution < -0.4 is 5.32 Å². The fourth-order valence-electron chi connectivity index (χ4n) is 2.28. The molecule has 0 spiro atoms. The first-order valence-electron chi connectivity index (χ1n) is 7.83. The lowest BCUT2D eigenvalue weighted by atomic mass is 10.2. The van der Waals surface area contributed by atoms with Gasteiger partial charge in [-0.25, -0.2) is 4.39 Å². The van der Waals surface area contributed by atoms with Crippen LogP contribution in [-0.2, 0) is 13.0 Å². The Kier molecular flexibility index (Phi) is 9.29. The molecule has 2 aromatic rings. The minimum absolute atomic E-state index is 0. The molecular weight excluding hydrogens is 418 g/mol. The quantitative estimate of drug-likeness (QED) is 0.423. The van der Waals surface area contributed by atoms with Gasteiger partial charge in [0.15, 0.2) is 5.96 Å². The van der Waals surface area contributed by atoms with E-state index in [0.29, 0.717) is 13.1 Å². The molecule has 2 rings (SSSR count). The second-order valence-electron chi connectivity index (χ2n) is 5.29. The third kappa shape index (κ3) is 6.82. The first-order chi connectivity index (χ1) is 11.2. The molecule has 0 aliphatic rings. The Bertz CT molecular complexity index is 634. The van der Waals surface area contributed by atoms with E-state index in [1.54, 1.807) is 18.3 Å². The lowest BCUT2D eigenvalue weighted by molar-refractivity contribution is 0.475. The van der Waals surface area contributed by atoms with Crippen molar-refractivity contribution in [2.75, 3.05) is 20.1 Å². The highest BCUT2D eigenvalue weighted by Crippen LogP contribution is 2.06. The highest BCUT2D eigenvalue weighted by Gasteiger charge is 2.07. The molecule has 130 valence electrons. The zero-order valence-corrected chi connectivity index (χ0v) is 16.4. The van der Waals surface area contributed by atoms with Crippen molar-refractivity contribution < 1.29 is 4.39 Å². The molecule has 0 saturated carbocycles. The number of guanidine groups is 1. The first kappa shape index (κ1) is 20.3. The van der Waals surface area contributed by atoms with Crippen molar-refractivity contribution in [2.45, 2.75) is 19.9 Å². The fourth-order valence-corrected chi connectivity index (χ4v) is 2.28. The number of rotatable bonds is 6. The Balaban J connectivity index is 0.00000288. The Labute approximate surface area is 160 Å². The van der Waals surface area contributed by atoms with Crippen LogP contribution in [0.5, 0.6) is 0 Å². The summed E-state index contributed by atoms with van der Waals surface area (Å²) >= 11 is 0. The molecule has 1 aromatic heterocycles. The summed E-state index contributed by atoms with van der Waals surface area (Å²) in [5.74, 6) is 0.598. The van der Waals surface area contributed by atoms with Gasteiger partial charge < -0.3 is 10.2 Å². The standard InChI is InChI=1S/C18H23FN4.HI/c1-3-20-18(22-12-10-17-9-4-5-11-21-17)23(2)14-15-7-6-8-16(19)13-15;/h4-9,11,13H,3,10,12,14H2,1-2H3,(H,20,22);1H. The Morgan fingerprint density at radius 1 is 1.25 bits per heavy atom. The van der Waals surface area contributed by atoms with Gasteiger partial charge in [0.1, 0.15) is 5.82 Å². The molecule has 6 heteroatoms. The minimum Gasteiger partial charge on any atom is -0.357 e. The Morgan fingerprint density at radius 2 is 2.08 bits per heavy atom. The van der Waals surface area contributed by atoms with Gasteiger partial charge in [-0.15, -0.1) is 24.0 Å². The number of hydrogen-bond acceptors (Lipinski definition) is 2. The van der Waals surface area contributed by atoms with E-state index in [0.717, 1.165) is 30.2 Å². The average molecular weight is 442 g/mol. The number of nitrogens with one attached hydrogen (secondary N) is 1. The summed E-state index contributed by atoms with van der Waals surface area (Å²) in [6.45, 7) is 4.08. The summed E-state index contributed by atoms with van der Waals surface area (Å²) in [4.78, 5) is 10.9. The second kappa shape index (κ2) is 11.0. The maximum absolute atomic E-state index is 13.3. The molecule has 1 N–H and O–H groups in total. The van der Waals surface area contributed by atoms with E-state index >= 15 is 0 Å². The molecule has 24 heavy (non-hydrogen) atoms. The van der Waals surface area contributed by atoms with Crippen LogP contribution in [-0.4, -0.2) is 36.0 Å². The zero-order valence-electron chi connectivity index (χ0n) is 14.1. The van der Waals surface area contributed by atoms with Crippen LogP contribution in [0.2, 0.25) is 0 Å². The van der Waals surface area contributed by atoms with Gasteiger partial charge in [0, 0.05) is 45.0 Å². The molecule has 1 aromatic carbocycles. The largest absolute Gasteiger partial charge is 0.357 e. The molecule has 0 amide bonds. The van der Waals surface area contributed by atoms with Crippen molar-refractivity contribution in [2.24, 2.45) is 4.99 Å². The van der Waals surface area contributed by atoms with E-state index in [2.05, 4.69) is 15.3 Å². The normalized spacial score (nSPS) is 10.9. The molecule has 0 aliphatic carbocycles. The monoisotopic (exact) mass is 442 g/mol. The van der Waals surface area contributed by atoms with Gasteiger partial charge in [0.25, 0.3) is 0 Å². The second-order valence-corrected chi connectivity index (χ2v) is 5.29. The lowest BCUT2D eigenvalue weighted by Gasteiger charge is -2.22. The van der Waals surface area contributed by atoms with Crippen LogP contribution in [0.1, 0.15) is 18.2 Å². The zero-order chi connectivity index (χ0) is 16.5. The molecule has 0 saturated heterocycles. The smallest absolute Gasteiger partial charge is 0.193 e. The molecule has 0 unspecified atom stereocenters. The van der Waals surface area contributed by atoms with Crippen LogP contribution in [0.25, 0.3) is 0 Å². The van der Waals surface area contributed by atoms with E-state index in [1.807, 2.05) is 43.1 Å². The Morgan fingerprint density at radius 3 is 2.75 bits per heavy atom. The number of nitrogens with zero attached hydrogens (tertiary/aromatic N) is 3. The molecule has 0 radical (unpaired) electrons. The summed E-state index contributed by atoms with van der Waals surface area (Å²) in [6.07, 6.45) is 2.59. The first-order valence-corrected chi connectivity index (χ1v) is 7.83. The van der Waals surface area contributed by atoms with Crippen molar-refractivity contribution in [1.82, 2.24) is 15.2 Å². The van der Waals surface area contributed by atoms with E-state index in [-0.39, 0.29) is 29.8 Å². The van der Waals surface area contributed by atoms with Crippen molar-refractivity contribution in [1.29, 1.82) is 0 Å². The molecule has 0 fully saturated rings. The third-order valence-electron chi connectivity index (χ3n) is 3.36. The van der Waals surface area contributed by atoms with Gasteiger partial charge in [-0.2, -0.15) is 0 Å². The molecule has 1 heterocycles. The number of aromatic nitrogens is 1. The maximum Gasteiger partial charge on any atom is 0.193 e. The van der Waals surface area contributed by atoms with Gasteiger partial charge in [0.05, 0.1) is 0 Å². The van der Waals surface area contributed by atoms with Gasteiger partial charge in [-0.05, 0) is 36.8 Å².